The van der Waals surface area contributed by atoms with Gasteiger partial charge in [-0.1, -0.05) is 18.2 Å². The van der Waals surface area contributed by atoms with Crippen LogP contribution >= 0.6 is 0 Å². The van der Waals surface area contributed by atoms with Crippen LogP contribution in [0.15, 0.2) is 45.6 Å². The van der Waals surface area contributed by atoms with Crippen LogP contribution in [0.1, 0.15) is 66.0 Å². The first kappa shape index (κ1) is 23.1. The lowest BCUT2D eigenvalue weighted by atomic mass is 9.97. The molecule has 0 aliphatic carbocycles. The van der Waals surface area contributed by atoms with Crippen LogP contribution in [0.5, 0.6) is 5.75 Å². The molecular formula is C27H31NO5. The van der Waals surface area contributed by atoms with E-state index in [9.17, 15) is 9.59 Å². The molecule has 0 saturated heterocycles. The lowest BCUT2D eigenvalue weighted by Gasteiger charge is -2.25. The second-order valence-corrected chi connectivity index (χ2v) is 8.81. The monoisotopic (exact) mass is 449 g/mol. The van der Waals surface area contributed by atoms with E-state index in [4.69, 9.17) is 13.9 Å². The molecule has 1 aliphatic heterocycles. The lowest BCUT2D eigenvalue weighted by Crippen LogP contribution is -2.31. The molecule has 2 aromatic carbocycles. The predicted molar refractivity (Wildman–Crippen MR) is 128 cm³/mol. The highest BCUT2D eigenvalue weighted by Gasteiger charge is 2.42. The van der Waals surface area contributed by atoms with E-state index in [-0.39, 0.29) is 23.2 Å². The van der Waals surface area contributed by atoms with Gasteiger partial charge in [-0.3, -0.25) is 9.59 Å². The zero-order valence-electron chi connectivity index (χ0n) is 19.9. The van der Waals surface area contributed by atoms with E-state index < -0.39 is 6.04 Å². The van der Waals surface area contributed by atoms with E-state index >= 15 is 0 Å². The number of amides is 1. The quantitative estimate of drug-likeness (QED) is 0.444. The lowest BCUT2D eigenvalue weighted by molar-refractivity contribution is 0.0593. The number of hydrogen-bond donors (Lipinski definition) is 0. The Morgan fingerprint density at radius 1 is 1.12 bits per heavy atom. The van der Waals surface area contributed by atoms with Crippen molar-refractivity contribution in [2.45, 2.75) is 53.2 Å². The summed E-state index contributed by atoms with van der Waals surface area (Å²) in [6.07, 6.45) is 0.778. The van der Waals surface area contributed by atoms with Gasteiger partial charge in [0, 0.05) is 13.2 Å². The number of benzene rings is 2. The Labute approximate surface area is 194 Å². The Hall–Kier alpha value is -3.12. The Morgan fingerprint density at radius 3 is 2.64 bits per heavy atom. The normalized spacial score (nSPS) is 15.5. The molecule has 6 heteroatoms. The third-order valence-electron chi connectivity index (χ3n) is 5.88. The Balaban J connectivity index is 1.85. The fourth-order valence-electron chi connectivity index (χ4n) is 4.55. The summed E-state index contributed by atoms with van der Waals surface area (Å²) in [4.78, 5) is 29.0. The van der Waals surface area contributed by atoms with Crippen molar-refractivity contribution < 1.29 is 18.7 Å². The minimum absolute atomic E-state index is 0.120. The minimum atomic E-state index is -0.534. The third kappa shape index (κ3) is 4.40. The Bertz CT molecular complexity index is 1240. The number of fused-ring (bicyclic) bond motifs is 2. The summed E-state index contributed by atoms with van der Waals surface area (Å²) in [5, 5.41) is 0.509. The van der Waals surface area contributed by atoms with Crippen molar-refractivity contribution in [1.29, 1.82) is 0 Å². The van der Waals surface area contributed by atoms with Crippen molar-refractivity contribution in [3.63, 3.8) is 0 Å². The summed E-state index contributed by atoms with van der Waals surface area (Å²) in [5.74, 6) is 0.576. The van der Waals surface area contributed by atoms with Crippen LogP contribution in [-0.2, 0) is 4.74 Å². The molecule has 0 N–H and O–H groups in total. The van der Waals surface area contributed by atoms with E-state index in [1.807, 2.05) is 71.0 Å². The van der Waals surface area contributed by atoms with Gasteiger partial charge < -0.3 is 18.8 Å². The van der Waals surface area contributed by atoms with E-state index in [1.165, 1.54) is 0 Å². The first-order valence-corrected chi connectivity index (χ1v) is 11.5. The average Bonchev–Trinajstić information content (AvgIpc) is 3.04. The summed E-state index contributed by atoms with van der Waals surface area (Å²) in [7, 11) is 0. The second kappa shape index (κ2) is 9.40. The highest BCUT2D eigenvalue weighted by atomic mass is 16.5. The third-order valence-corrected chi connectivity index (χ3v) is 5.88. The summed E-state index contributed by atoms with van der Waals surface area (Å²) < 4.78 is 17.5. The molecule has 0 saturated carbocycles. The molecule has 1 aromatic heterocycles. The zero-order valence-corrected chi connectivity index (χ0v) is 19.9. The maximum absolute atomic E-state index is 13.7. The van der Waals surface area contributed by atoms with Gasteiger partial charge in [0.05, 0.1) is 29.7 Å². The fourth-order valence-corrected chi connectivity index (χ4v) is 4.55. The molecule has 0 fully saturated rings. The van der Waals surface area contributed by atoms with Crippen molar-refractivity contribution in [2.75, 3.05) is 19.8 Å². The minimum Gasteiger partial charge on any atom is -0.494 e. The van der Waals surface area contributed by atoms with Crippen LogP contribution in [-0.4, -0.2) is 36.7 Å². The van der Waals surface area contributed by atoms with E-state index in [2.05, 4.69) is 0 Å². The van der Waals surface area contributed by atoms with Crippen molar-refractivity contribution in [3.8, 4) is 5.75 Å². The molecule has 0 bridgehead atoms. The molecule has 1 amide bonds. The number of nitrogens with zero attached hydrogens (tertiary/aromatic N) is 1. The highest BCUT2D eigenvalue weighted by molar-refractivity contribution is 5.99. The SMILES string of the molecule is CCOc1cccc(C2c3c(oc4c(C)cc(C)cc4c3=O)C(=O)N2CCCOC(C)C)c1. The molecular weight excluding hydrogens is 418 g/mol. The van der Waals surface area contributed by atoms with Crippen molar-refractivity contribution in [1.82, 2.24) is 4.90 Å². The molecule has 0 spiro atoms. The van der Waals surface area contributed by atoms with Gasteiger partial charge in [-0.05, 0) is 75.9 Å². The van der Waals surface area contributed by atoms with E-state index in [1.54, 1.807) is 4.90 Å². The largest absolute Gasteiger partial charge is 0.494 e. The summed E-state index contributed by atoms with van der Waals surface area (Å²) in [6, 6.07) is 10.9. The highest BCUT2D eigenvalue weighted by Crippen LogP contribution is 2.39. The van der Waals surface area contributed by atoms with Crippen molar-refractivity contribution >= 4 is 16.9 Å². The van der Waals surface area contributed by atoms with Crippen LogP contribution in [0.4, 0.5) is 0 Å². The van der Waals surface area contributed by atoms with Gasteiger partial charge in [-0.15, -0.1) is 0 Å². The smallest absolute Gasteiger partial charge is 0.290 e. The number of aryl methyl sites for hydroxylation is 2. The molecule has 6 nitrogen and oxygen atoms in total. The number of carbonyl (C=O) groups is 1. The average molecular weight is 450 g/mol. The molecule has 33 heavy (non-hydrogen) atoms. The van der Waals surface area contributed by atoms with Gasteiger partial charge in [0.25, 0.3) is 5.91 Å². The van der Waals surface area contributed by atoms with Crippen LogP contribution in [0.25, 0.3) is 11.0 Å². The summed E-state index contributed by atoms with van der Waals surface area (Å²) >= 11 is 0. The van der Waals surface area contributed by atoms with E-state index in [0.717, 1.165) is 16.7 Å². The van der Waals surface area contributed by atoms with Gasteiger partial charge in [0.15, 0.2) is 5.43 Å². The predicted octanol–water partition coefficient (Wildman–Crippen LogP) is 5.17. The van der Waals surface area contributed by atoms with Crippen LogP contribution < -0.4 is 10.2 Å². The molecule has 1 aliphatic rings. The number of hydrogen-bond acceptors (Lipinski definition) is 5. The van der Waals surface area contributed by atoms with Crippen LogP contribution in [0.3, 0.4) is 0 Å². The van der Waals surface area contributed by atoms with E-state index in [0.29, 0.717) is 48.5 Å². The summed E-state index contributed by atoms with van der Waals surface area (Å²) in [6.45, 7) is 11.3. The molecule has 2 heterocycles. The molecule has 1 atom stereocenters. The number of ether oxygens (including phenoxy) is 2. The maximum Gasteiger partial charge on any atom is 0.290 e. The topological polar surface area (TPSA) is 69.0 Å². The molecule has 3 aromatic rings. The van der Waals surface area contributed by atoms with Crippen molar-refractivity contribution in [3.05, 3.63) is 74.6 Å². The van der Waals surface area contributed by atoms with Crippen molar-refractivity contribution in [2.24, 2.45) is 0 Å². The summed E-state index contributed by atoms with van der Waals surface area (Å²) in [5.41, 5.74) is 3.37. The standard InChI is InChI=1S/C27H31NO5/c1-6-31-20-10-7-9-19(15-20)23-22-24(29)21-14-17(4)13-18(5)25(21)33-26(22)27(30)28(23)11-8-12-32-16(2)3/h7,9-10,13-16,23H,6,8,11-12H2,1-5H3. The van der Waals surface area contributed by atoms with Crippen LogP contribution in [0.2, 0.25) is 0 Å². The second-order valence-electron chi connectivity index (χ2n) is 8.81. The molecule has 1 unspecified atom stereocenters. The molecule has 4 rings (SSSR count). The van der Waals surface area contributed by atoms with Crippen LogP contribution in [0, 0.1) is 13.8 Å². The zero-order chi connectivity index (χ0) is 23.7. The maximum atomic E-state index is 13.7. The fraction of sp³-hybridized carbons (Fsp3) is 0.407. The Kier molecular flexibility index (Phi) is 6.56. The van der Waals surface area contributed by atoms with Gasteiger partial charge in [-0.25, -0.2) is 0 Å². The first-order chi connectivity index (χ1) is 15.8. The number of carbonyl (C=O) groups excluding carboxylic acids is 1. The number of rotatable bonds is 8. The molecule has 174 valence electrons. The Morgan fingerprint density at radius 2 is 1.91 bits per heavy atom. The van der Waals surface area contributed by atoms with Gasteiger partial charge in [0.1, 0.15) is 11.3 Å². The van der Waals surface area contributed by atoms with Gasteiger partial charge in [-0.2, -0.15) is 0 Å². The first-order valence-electron chi connectivity index (χ1n) is 11.5. The van der Waals surface area contributed by atoms with Gasteiger partial charge in [0.2, 0.25) is 5.76 Å². The molecule has 0 radical (unpaired) electrons. The van der Waals surface area contributed by atoms with Gasteiger partial charge >= 0.3 is 0 Å².